The molecule has 1 amide bonds. The van der Waals surface area contributed by atoms with Crippen molar-refractivity contribution in [2.24, 2.45) is 0 Å². The van der Waals surface area contributed by atoms with Gasteiger partial charge in [-0.1, -0.05) is 18.2 Å². The molecule has 1 aliphatic heterocycles. The van der Waals surface area contributed by atoms with Crippen LogP contribution in [0.2, 0.25) is 0 Å². The molecule has 3 aromatic rings. The first kappa shape index (κ1) is 18.2. The van der Waals surface area contributed by atoms with Gasteiger partial charge >= 0.3 is 6.18 Å². The lowest BCUT2D eigenvalue weighted by atomic mass is 9.99. The van der Waals surface area contributed by atoms with Gasteiger partial charge in [-0.05, 0) is 23.8 Å². The highest BCUT2D eigenvalue weighted by Crippen LogP contribution is 2.33. The SMILES string of the molecule is O=C(Cc1ccccc1C(F)(F)F)N1CCc2[nH]nc(-c3ccncc3)c2C1. The highest BCUT2D eigenvalue weighted by Gasteiger charge is 2.34. The molecule has 1 N–H and O–H groups in total. The van der Waals surface area contributed by atoms with E-state index in [-0.39, 0.29) is 17.9 Å². The first-order valence-electron chi connectivity index (χ1n) is 8.83. The van der Waals surface area contributed by atoms with Crippen LogP contribution in [0.5, 0.6) is 0 Å². The molecule has 4 rings (SSSR count). The van der Waals surface area contributed by atoms with Crippen molar-refractivity contribution < 1.29 is 18.0 Å². The zero-order chi connectivity index (χ0) is 19.7. The van der Waals surface area contributed by atoms with Crippen molar-refractivity contribution in [3.63, 3.8) is 0 Å². The number of hydrogen-bond donors (Lipinski definition) is 1. The minimum Gasteiger partial charge on any atom is -0.338 e. The molecule has 0 unspecified atom stereocenters. The summed E-state index contributed by atoms with van der Waals surface area (Å²) in [5, 5.41) is 7.36. The highest BCUT2D eigenvalue weighted by molar-refractivity contribution is 5.80. The molecule has 0 atom stereocenters. The van der Waals surface area contributed by atoms with E-state index in [1.54, 1.807) is 17.3 Å². The van der Waals surface area contributed by atoms with Gasteiger partial charge in [0.15, 0.2) is 0 Å². The second kappa shape index (κ2) is 7.10. The fourth-order valence-corrected chi connectivity index (χ4v) is 3.48. The number of carbonyl (C=O) groups is 1. The van der Waals surface area contributed by atoms with Gasteiger partial charge in [0.05, 0.1) is 17.7 Å². The summed E-state index contributed by atoms with van der Waals surface area (Å²) < 4.78 is 39.6. The molecule has 3 heterocycles. The Kier molecular flexibility index (Phi) is 4.62. The molecule has 5 nitrogen and oxygen atoms in total. The van der Waals surface area contributed by atoms with Crippen molar-refractivity contribution in [3.8, 4) is 11.3 Å². The van der Waals surface area contributed by atoms with Gasteiger partial charge in [-0.15, -0.1) is 0 Å². The number of nitrogens with zero attached hydrogens (tertiary/aromatic N) is 3. The van der Waals surface area contributed by atoms with E-state index in [4.69, 9.17) is 0 Å². The minimum absolute atomic E-state index is 0.00709. The summed E-state index contributed by atoms with van der Waals surface area (Å²) in [6.45, 7) is 0.758. The van der Waals surface area contributed by atoms with Crippen LogP contribution >= 0.6 is 0 Å². The van der Waals surface area contributed by atoms with E-state index in [1.165, 1.54) is 18.2 Å². The van der Waals surface area contributed by atoms with Crippen LogP contribution < -0.4 is 0 Å². The van der Waals surface area contributed by atoms with E-state index in [0.717, 1.165) is 28.6 Å². The third-order valence-corrected chi connectivity index (χ3v) is 4.90. The minimum atomic E-state index is -4.48. The van der Waals surface area contributed by atoms with Gasteiger partial charge in [-0.3, -0.25) is 14.9 Å². The Hall–Kier alpha value is -3.16. The highest BCUT2D eigenvalue weighted by atomic mass is 19.4. The lowest BCUT2D eigenvalue weighted by molar-refractivity contribution is -0.138. The quantitative estimate of drug-likeness (QED) is 0.748. The summed E-state index contributed by atoms with van der Waals surface area (Å²) in [4.78, 5) is 18.3. The zero-order valence-electron chi connectivity index (χ0n) is 14.8. The summed E-state index contributed by atoms with van der Waals surface area (Å²) in [5.41, 5.74) is 2.70. The van der Waals surface area contributed by atoms with E-state index < -0.39 is 11.7 Å². The number of amides is 1. The summed E-state index contributed by atoms with van der Waals surface area (Å²) >= 11 is 0. The van der Waals surface area contributed by atoms with Gasteiger partial charge in [0.25, 0.3) is 0 Å². The number of aromatic amines is 1. The Morgan fingerprint density at radius 2 is 1.89 bits per heavy atom. The number of pyridine rings is 1. The Labute approximate surface area is 159 Å². The third kappa shape index (κ3) is 3.49. The standard InChI is InChI=1S/C20H17F3N4O/c21-20(22,23)16-4-2-1-3-14(16)11-18(28)27-10-7-17-15(12-27)19(26-25-17)13-5-8-24-9-6-13/h1-6,8-9H,7,10-12H2,(H,25,26). The molecule has 1 aliphatic rings. The summed E-state index contributed by atoms with van der Waals surface area (Å²) in [6, 6.07) is 8.87. The third-order valence-electron chi connectivity index (χ3n) is 4.90. The van der Waals surface area contributed by atoms with Crippen molar-refractivity contribution in [1.29, 1.82) is 0 Å². The number of rotatable bonds is 3. The summed E-state index contributed by atoms with van der Waals surface area (Å²) in [5.74, 6) is -0.329. The molecule has 28 heavy (non-hydrogen) atoms. The molecular formula is C20H17F3N4O. The molecule has 2 aromatic heterocycles. The summed E-state index contributed by atoms with van der Waals surface area (Å²) in [6.07, 6.45) is -0.856. The van der Waals surface area contributed by atoms with Crippen molar-refractivity contribution in [2.45, 2.75) is 25.6 Å². The van der Waals surface area contributed by atoms with E-state index in [9.17, 15) is 18.0 Å². The van der Waals surface area contributed by atoms with E-state index >= 15 is 0 Å². The molecule has 0 spiro atoms. The van der Waals surface area contributed by atoms with Gasteiger partial charge in [0.2, 0.25) is 5.91 Å². The Balaban J connectivity index is 1.56. The number of hydrogen-bond acceptors (Lipinski definition) is 3. The molecular weight excluding hydrogens is 369 g/mol. The van der Waals surface area contributed by atoms with Crippen LogP contribution in [0.4, 0.5) is 13.2 Å². The zero-order valence-corrected chi connectivity index (χ0v) is 14.8. The smallest absolute Gasteiger partial charge is 0.338 e. The van der Waals surface area contributed by atoms with Crippen LogP contribution in [-0.2, 0) is 30.4 Å². The van der Waals surface area contributed by atoms with Gasteiger partial charge in [-0.25, -0.2) is 0 Å². The summed E-state index contributed by atoms with van der Waals surface area (Å²) in [7, 11) is 0. The topological polar surface area (TPSA) is 61.9 Å². The molecule has 0 saturated heterocycles. The maximum atomic E-state index is 13.2. The first-order valence-corrected chi connectivity index (χ1v) is 8.83. The van der Waals surface area contributed by atoms with Gasteiger partial charge < -0.3 is 4.90 Å². The van der Waals surface area contributed by atoms with Crippen LogP contribution in [0, 0.1) is 0 Å². The number of alkyl halides is 3. The average Bonchev–Trinajstić information content (AvgIpc) is 3.11. The van der Waals surface area contributed by atoms with Crippen LogP contribution in [0.1, 0.15) is 22.4 Å². The fraction of sp³-hybridized carbons (Fsp3) is 0.250. The first-order chi connectivity index (χ1) is 13.4. The number of carbonyl (C=O) groups excluding carboxylic acids is 1. The van der Waals surface area contributed by atoms with Crippen molar-refractivity contribution in [3.05, 3.63) is 71.2 Å². The van der Waals surface area contributed by atoms with Crippen LogP contribution in [0.15, 0.2) is 48.8 Å². The Bertz CT molecular complexity index is 998. The van der Waals surface area contributed by atoms with Gasteiger partial charge in [0, 0.05) is 48.7 Å². The van der Waals surface area contributed by atoms with E-state index in [0.29, 0.717) is 19.5 Å². The normalized spacial score (nSPS) is 14.0. The molecule has 8 heteroatoms. The molecule has 1 aromatic carbocycles. The number of benzene rings is 1. The van der Waals surface area contributed by atoms with Crippen molar-refractivity contribution in [1.82, 2.24) is 20.1 Å². The maximum absolute atomic E-state index is 13.2. The van der Waals surface area contributed by atoms with Crippen LogP contribution in [0.25, 0.3) is 11.3 Å². The lowest BCUT2D eigenvalue weighted by Gasteiger charge is -2.27. The van der Waals surface area contributed by atoms with Crippen LogP contribution in [0.3, 0.4) is 0 Å². The second-order valence-electron chi connectivity index (χ2n) is 6.66. The van der Waals surface area contributed by atoms with Crippen LogP contribution in [-0.4, -0.2) is 32.5 Å². The number of fused-ring (bicyclic) bond motifs is 1. The predicted octanol–water partition coefficient (Wildman–Crippen LogP) is 3.62. The van der Waals surface area contributed by atoms with Crippen molar-refractivity contribution in [2.75, 3.05) is 6.54 Å². The van der Waals surface area contributed by atoms with E-state index in [1.807, 2.05) is 12.1 Å². The number of halogens is 3. The molecule has 144 valence electrons. The lowest BCUT2D eigenvalue weighted by Crippen LogP contribution is -2.37. The fourth-order valence-electron chi connectivity index (χ4n) is 3.48. The molecule has 0 bridgehead atoms. The molecule has 0 fully saturated rings. The number of H-pyrrole nitrogens is 1. The van der Waals surface area contributed by atoms with Gasteiger partial charge in [0.1, 0.15) is 0 Å². The van der Waals surface area contributed by atoms with Gasteiger partial charge in [-0.2, -0.15) is 18.3 Å². The Morgan fingerprint density at radius 1 is 1.14 bits per heavy atom. The molecule has 0 radical (unpaired) electrons. The number of aromatic nitrogens is 3. The Morgan fingerprint density at radius 3 is 2.64 bits per heavy atom. The molecule has 0 aliphatic carbocycles. The molecule has 0 saturated carbocycles. The average molecular weight is 386 g/mol. The largest absolute Gasteiger partial charge is 0.416 e. The van der Waals surface area contributed by atoms with E-state index in [2.05, 4.69) is 15.2 Å². The second-order valence-corrected chi connectivity index (χ2v) is 6.66. The number of nitrogens with one attached hydrogen (secondary N) is 1. The monoisotopic (exact) mass is 386 g/mol. The predicted molar refractivity (Wildman–Crippen MR) is 96.1 cm³/mol. The maximum Gasteiger partial charge on any atom is 0.416 e. The van der Waals surface area contributed by atoms with Crippen molar-refractivity contribution >= 4 is 5.91 Å².